The lowest BCUT2D eigenvalue weighted by Gasteiger charge is -2.17. The van der Waals surface area contributed by atoms with Gasteiger partial charge in [-0.25, -0.2) is 0 Å². The summed E-state index contributed by atoms with van der Waals surface area (Å²) < 4.78 is 38.2. The van der Waals surface area contributed by atoms with Crippen molar-refractivity contribution in [3.05, 3.63) is 35.4 Å². The molecule has 1 aromatic rings. The summed E-state index contributed by atoms with van der Waals surface area (Å²) in [6, 6.07) is 5.19. The third-order valence-electron chi connectivity index (χ3n) is 5.71. The zero-order valence-corrected chi connectivity index (χ0v) is 11.0. The highest BCUT2D eigenvalue weighted by Crippen LogP contribution is 2.72. The second-order valence-corrected chi connectivity index (χ2v) is 6.63. The molecule has 20 heavy (non-hydrogen) atoms. The highest BCUT2D eigenvalue weighted by molar-refractivity contribution is 5.30. The molecule has 4 heteroatoms. The largest absolute Gasteiger partial charge is 0.416 e. The van der Waals surface area contributed by atoms with Crippen LogP contribution in [0.3, 0.4) is 0 Å². The van der Waals surface area contributed by atoms with E-state index in [1.54, 1.807) is 6.07 Å². The van der Waals surface area contributed by atoms with Crippen LogP contribution in [0.5, 0.6) is 0 Å². The molecule has 3 aliphatic rings. The number of hydrogen-bond donors (Lipinski definition) is 1. The minimum absolute atomic E-state index is 0.199. The lowest BCUT2D eigenvalue weighted by Crippen LogP contribution is -2.11. The second kappa shape index (κ2) is 4.00. The monoisotopic (exact) mass is 282 g/mol. The lowest BCUT2D eigenvalue weighted by molar-refractivity contribution is -0.137. The maximum atomic E-state index is 12.7. The molecule has 0 spiro atoms. The number of aliphatic hydroxyl groups is 1. The van der Waals surface area contributed by atoms with Gasteiger partial charge in [-0.1, -0.05) is 12.1 Å². The average Bonchev–Trinajstić information content (AvgIpc) is 2.84. The van der Waals surface area contributed by atoms with Gasteiger partial charge in [-0.05, 0) is 66.5 Å². The summed E-state index contributed by atoms with van der Waals surface area (Å²) in [5, 5.41) is 10.5. The fraction of sp³-hybridized carbons (Fsp3) is 0.625. The van der Waals surface area contributed by atoms with E-state index in [1.807, 2.05) is 0 Å². The van der Waals surface area contributed by atoms with Crippen LogP contribution in [0.15, 0.2) is 24.3 Å². The first-order valence-electron chi connectivity index (χ1n) is 7.32. The van der Waals surface area contributed by atoms with E-state index >= 15 is 0 Å². The quantitative estimate of drug-likeness (QED) is 0.868. The van der Waals surface area contributed by atoms with Gasteiger partial charge in [0.25, 0.3) is 0 Å². The van der Waals surface area contributed by atoms with Crippen molar-refractivity contribution < 1.29 is 18.3 Å². The van der Waals surface area contributed by atoms with Crippen molar-refractivity contribution >= 4 is 0 Å². The second-order valence-electron chi connectivity index (χ2n) is 6.63. The summed E-state index contributed by atoms with van der Waals surface area (Å²) in [7, 11) is 0. The smallest absolute Gasteiger partial charge is 0.388 e. The van der Waals surface area contributed by atoms with Crippen molar-refractivity contribution in [1.29, 1.82) is 0 Å². The van der Waals surface area contributed by atoms with Crippen LogP contribution in [0.1, 0.15) is 36.5 Å². The molecule has 0 aliphatic heterocycles. The third-order valence-corrected chi connectivity index (χ3v) is 5.71. The molecule has 1 N–H and O–H groups in total. The molecule has 0 saturated heterocycles. The van der Waals surface area contributed by atoms with E-state index < -0.39 is 17.8 Å². The van der Waals surface area contributed by atoms with Crippen molar-refractivity contribution in [3.8, 4) is 0 Å². The van der Waals surface area contributed by atoms with Gasteiger partial charge in [0.1, 0.15) is 0 Å². The van der Waals surface area contributed by atoms with E-state index in [9.17, 15) is 18.3 Å². The van der Waals surface area contributed by atoms with Crippen molar-refractivity contribution in [2.24, 2.45) is 29.6 Å². The normalized spacial score (nSPS) is 39.7. The molecule has 1 aromatic carbocycles. The number of hydrogen-bond acceptors (Lipinski definition) is 1. The van der Waals surface area contributed by atoms with Crippen LogP contribution in [0, 0.1) is 29.6 Å². The Kier molecular flexibility index (Phi) is 2.54. The van der Waals surface area contributed by atoms with E-state index in [4.69, 9.17) is 0 Å². The Morgan fingerprint density at radius 2 is 1.75 bits per heavy atom. The molecule has 5 atom stereocenters. The molecule has 4 rings (SSSR count). The molecule has 0 radical (unpaired) electrons. The number of halogens is 3. The minimum atomic E-state index is -4.34. The molecule has 108 valence electrons. The average molecular weight is 282 g/mol. The van der Waals surface area contributed by atoms with Crippen LogP contribution in [0.25, 0.3) is 0 Å². The first-order chi connectivity index (χ1) is 9.47. The maximum absolute atomic E-state index is 12.7. The number of benzene rings is 1. The lowest BCUT2D eigenvalue weighted by atomic mass is 9.94. The van der Waals surface area contributed by atoms with Gasteiger partial charge in [-0.3, -0.25) is 0 Å². The van der Waals surface area contributed by atoms with Gasteiger partial charge in [0.2, 0.25) is 0 Å². The van der Waals surface area contributed by atoms with E-state index in [1.165, 1.54) is 25.3 Å². The fourth-order valence-corrected chi connectivity index (χ4v) is 4.94. The van der Waals surface area contributed by atoms with Gasteiger partial charge < -0.3 is 5.11 Å². The molecule has 3 aliphatic carbocycles. The molecule has 0 heterocycles. The number of rotatable bonds is 2. The standard InChI is InChI=1S/C16H17F3O/c17-16(18,19)11-3-1-2-10(7-11)15(20)14-12-8-4-5-9(6-8)13(12)14/h1-3,7-9,12-15,20H,4-6H2. The topological polar surface area (TPSA) is 20.2 Å². The summed E-state index contributed by atoms with van der Waals surface area (Å²) in [4.78, 5) is 0. The summed E-state index contributed by atoms with van der Waals surface area (Å²) >= 11 is 0. The summed E-state index contributed by atoms with van der Waals surface area (Å²) in [5.74, 6) is 2.77. The first kappa shape index (κ1) is 12.7. The Labute approximate surface area is 115 Å². The van der Waals surface area contributed by atoms with Crippen molar-refractivity contribution in [1.82, 2.24) is 0 Å². The Morgan fingerprint density at radius 3 is 2.35 bits per heavy atom. The molecule has 5 unspecified atom stereocenters. The molecule has 3 fully saturated rings. The summed E-state index contributed by atoms with van der Waals surface area (Å²) in [5.41, 5.74) is -0.235. The number of fused-ring (bicyclic) bond motifs is 5. The summed E-state index contributed by atoms with van der Waals surface area (Å²) in [6.45, 7) is 0. The van der Waals surface area contributed by atoms with Gasteiger partial charge in [0, 0.05) is 0 Å². The summed E-state index contributed by atoms with van der Waals surface area (Å²) in [6.07, 6.45) is -1.29. The molecule has 1 nitrogen and oxygen atoms in total. The molecular weight excluding hydrogens is 265 g/mol. The highest BCUT2D eigenvalue weighted by Gasteiger charge is 2.66. The highest BCUT2D eigenvalue weighted by atomic mass is 19.4. The Hall–Kier alpha value is -1.03. The van der Waals surface area contributed by atoms with Gasteiger partial charge >= 0.3 is 6.18 Å². The first-order valence-corrected chi connectivity index (χ1v) is 7.32. The molecular formula is C16H17F3O. The van der Waals surface area contributed by atoms with Crippen LogP contribution in [0.2, 0.25) is 0 Å². The maximum Gasteiger partial charge on any atom is 0.416 e. The molecule has 0 amide bonds. The van der Waals surface area contributed by atoms with E-state index in [0.29, 0.717) is 17.4 Å². The Bertz CT molecular complexity index is 523. The predicted molar refractivity (Wildman–Crippen MR) is 67.7 cm³/mol. The minimum Gasteiger partial charge on any atom is -0.388 e. The fourth-order valence-electron chi connectivity index (χ4n) is 4.94. The van der Waals surface area contributed by atoms with Crippen molar-refractivity contribution in [2.45, 2.75) is 31.5 Å². The van der Waals surface area contributed by atoms with Crippen LogP contribution >= 0.6 is 0 Å². The van der Waals surface area contributed by atoms with Crippen molar-refractivity contribution in [2.75, 3.05) is 0 Å². The molecule has 3 saturated carbocycles. The number of alkyl halides is 3. The van der Waals surface area contributed by atoms with Crippen LogP contribution in [-0.2, 0) is 6.18 Å². The Morgan fingerprint density at radius 1 is 1.10 bits per heavy atom. The van der Waals surface area contributed by atoms with Crippen LogP contribution in [0.4, 0.5) is 13.2 Å². The van der Waals surface area contributed by atoms with E-state index in [2.05, 4.69) is 0 Å². The van der Waals surface area contributed by atoms with Gasteiger partial charge in [-0.15, -0.1) is 0 Å². The van der Waals surface area contributed by atoms with Gasteiger partial charge in [0.15, 0.2) is 0 Å². The van der Waals surface area contributed by atoms with Gasteiger partial charge in [-0.2, -0.15) is 13.2 Å². The van der Waals surface area contributed by atoms with E-state index in [-0.39, 0.29) is 5.92 Å². The molecule has 0 aromatic heterocycles. The predicted octanol–water partition coefficient (Wildman–Crippen LogP) is 4.03. The van der Waals surface area contributed by atoms with Gasteiger partial charge in [0.05, 0.1) is 11.7 Å². The van der Waals surface area contributed by atoms with Crippen LogP contribution in [-0.4, -0.2) is 5.11 Å². The Balaban J connectivity index is 1.57. The SMILES string of the molecule is OC(c1cccc(C(F)(F)F)c1)C1C2C3CCC(C3)C21. The van der Waals surface area contributed by atoms with E-state index in [0.717, 1.165) is 24.0 Å². The zero-order valence-electron chi connectivity index (χ0n) is 11.0. The van der Waals surface area contributed by atoms with Crippen LogP contribution < -0.4 is 0 Å². The zero-order chi connectivity index (χ0) is 14.1. The van der Waals surface area contributed by atoms with Crippen molar-refractivity contribution in [3.63, 3.8) is 0 Å². The third kappa shape index (κ3) is 1.73. The number of aliphatic hydroxyl groups excluding tert-OH is 1. The molecule has 2 bridgehead atoms.